The highest BCUT2D eigenvalue weighted by atomic mass is 79.9. The highest BCUT2D eigenvalue weighted by molar-refractivity contribution is 9.10. The lowest BCUT2D eigenvalue weighted by atomic mass is 10.0. The van der Waals surface area contributed by atoms with Gasteiger partial charge < -0.3 is 5.73 Å². The van der Waals surface area contributed by atoms with Gasteiger partial charge in [-0.25, -0.2) is 8.78 Å². The lowest BCUT2D eigenvalue weighted by Crippen LogP contribution is -2.13. The number of halogens is 4. The molecule has 2 N–H and O–H groups in total. The molecule has 0 unspecified atom stereocenters. The van der Waals surface area contributed by atoms with E-state index in [1.165, 1.54) is 18.2 Å². The molecule has 0 aromatic heterocycles. The van der Waals surface area contributed by atoms with Crippen LogP contribution in [-0.2, 0) is 0 Å². The van der Waals surface area contributed by atoms with Crippen LogP contribution < -0.4 is 5.73 Å². The van der Waals surface area contributed by atoms with Crippen molar-refractivity contribution in [3.8, 4) is 0 Å². The minimum atomic E-state index is -0.680. The second-order valence-corrected chi connectivity index (χ2v) is 3.83. The van der Waals surface area contributed by atoms with Gasteiger partial charge in [-0.05, 0) is 18.6 Å². The highest BCUT2D eigenvalue weighted by Crippen LogP contribution is 2.25. The van der Waals surface area contributed by atoms with E-state index in [2.05, 4.69) is 22.5 Å². The van der Waals surface area contributed by atoms with Crippen molar-refractivity contribution in [1.82, 2.24) is 0 Å². The second kappa shape index (κ2) is 6.20. The molecular weight excluding hydrogens is 287 g/mol. The van der Waals surface area contributed by atoms with Crippen molar-refractivity contribution in [2.24, 2.45) is 5.73 Å². The molecule has 1 aromatic rings. The summed E-state index contributed by atoms with van der Waals surface area (Å²) in [6.45, 7) is 3.47. The van der Waals surface area contributed by atoms with E-state index in [-0.39, 0.29) is 18.0 Å². The minimum absolute atomic E-state index is 0. The maximum Gasteiger partial charge on any atom is 0.132 e. The molecule has 0 aliphatic rings. The van der Waals surface area contributed by atoms with E-state index in [1.54, 1.807) is 0 Å². The van der Waals surface area contributed by atoms with E-state index in [4.69, 9.17) is 5.73 Å². The van der Waals surface area contributed by atoms with Crippen molar-refractivity contribution < 1.29 is 8.78 Å². The smallest absolute Gasteiger partial charge is 0.132 e. The van der Waals surface area contributed by atoms with Crippen molar-refractivity contribution in [3.63, 3.8) is 0 Å². The SMILES string of the molecule is C=CC[C@@H](N)c1c(F)cc(Br)cc1F.Cl. The Hall–Kier alpha value is -0.450. The van der Waals surface area contributed by atoms with Gasteiger partial charge in [0, 0.05) is 16.1 Å². The zero-order chi connectivity index (χ0) is 10.7. The van der Waals surface area contributed by atoms with E-state index < -0.39 is 17.7 Å². The van der Waals surface area contributed by atoms with Gasteiger partial charge in [-0.15, -0.1) is 19.0 Å². The number of hydrogen-bond acceptors (Lipinski definition) is 1. The number of nitrogens with two attached hydrogens (primary N) is 1. The average molecular weight is 299 g/mol. The van der Waals surface area contributed by atoms with Crippen molar-refractivity contribution >= 4 is 28.3 Å². The van der Waals surface area contributed by atoms with Crippen LogP contribution in [0.1, 0.15) is 18.0 Å². The van der Waals surface area contributed by atoms with Gasteiger partial charge in [0.05, 0.1) is 0 Å². The summed E-state index contributed by atoms with van der Waals surface area (Å²) >= 11 is 2.99. The fraction of sp³-hybridized carbons (Fsp3) is 0.200. The summed E-state index contributed by atoms with van der Waals surface area (Å²) in [5, 5.41) is 0. The third-order valence-corrected chi connectivity index (χ3v) is 2.29. The van der Waals surface area contributed by atoms with E-state index in [0.29, 0.717) is 10.9 Å². The van der Waals surface area contributed by atoms with Crippen LogP contribution in [0, 0.1) is 11.6 Å². The van der Waals surface area contributed by atoms with Crippen LogP contribution in [0.5, 0.6) is 0 Å². The Morgan fingerprint density at radius 2 is 1.87 bits per heavy atom. The molecule has 15 heavy (non-hydrogen) atoms. The Labute approximate surface area is 102 Å². The molecule has 0 amide bonds. The molecule has 0 radical (unpaired) electrons. The summed E-state index contributed by atoms with van der Waals surface area (Å²) in [6, 6.07) is 1.71. The van der Waals surface area contributed by atoms with E-state index in [9.17, 15) is 8.78 Å². The normalized spacial score (nSPS) is 11.7. The van der Waals surface area contributed by atoms with Gasteiger partial charge in [-0.1, -0.05) is 22.0 Å². The molecule has 0 bridgehead atoms. The first kappa shape index (κ1) is 14.5. The summed E-state index contributed by atoms with van der Waals surface area (Å²) < 4.78 is 27.0. The molecule has 0 fully saturated rings. The molecule has 84 valence electrons. The van der Waals surface area contributed by atoms with Crippen LogP contribution in [0.25, 0.3) is 0 Å². The van der Waals surface area contributed by atoms with Crippen molar-refractivity contribution in [2.45, 2.75) is 12.5 Å². The summed E-state index contributed by atoms with van der Waals surface area (Å²) in [4.78, 5) is 0. The third kappa shape index (κ3) is 3.55. The first-order valence-corrected chi connectivity index (χ1v) is 4.86. The lowest BCUT2D eigenvalue weighted by Gasteiger charge is -2.11. The molecular formula is C10H11BrClF2N. The molecule has 5 heteroatoms. The summed E-state index contributed by atoms with van der Waals surface area (Å²) in [5.41, 5.74) is 5.50. The first-order valence-electron chi connectivity index (χ1n) is 4.07. The Morgan fingerprint density at radius 1 is 1.40 bits per heavy atom. The van der Waals surface area contributed by atoms with Gasteiger partial charge in [0.1, 0.15) is 11.6 Å². The maximum atomic E-state index is 13.3. The van der Waals surface area contributed by atoms with Crippen LogP contribution >= 0.6 is 28.3 Å². The van der Waals surface area contributed by atoms with Gasteiger partial charge in [0.2, 0.25) is 0 Å². The van der Waals surface area contributed by atoms with Crippen LogP contribution in [0.4, 0.5) is 8.78 Å². The van der Waals surface area contributed by atoms with E-state index in [0.717, 1.165) is 0 Å². The quantitative estimate of drug-likeness (QED) is 0.846. The summed E-state index contributed by atoms with van der Waals surface area (Å²) in [5.74, 6) is -1.27. The Kier molecular flexibility index (Phi) is 6.02. The monoisotopic (exact) mass is 297 g/mol. The predicted molar refractivity (Wildman–Crippen MR) is 63.0 cm³/mol. The molecule has 1 aromatic carbocycles. The molecule has 0 aliphatic heterocycles. The summed E-state index contributed by atoms with van der Waals surface area (Å²) in [7, 11) is 0. The van der Waals surface area contributed by atoms with Crippen LogP contribution in [0.15, 0.2) is 29.3 Å². The molecule has 1 atom stereocenters. The van der Waals surface area contributed by atoms with Crippen molar-refractivity contribution in [2.75, 3.05) is 0 Å². The molecule has 0 saturated carbocycles. The number of hydrogen-bond donors (Lipinski definition) is 1. The fourth-order valence-electron chi connectivity index (χ4n) is 1.20. The zero-order valence-electron chi connectivity index (χ0n) is 7.84. The highest BCUT2D eigenvalue weighted by Gasteiger charge is 2.16. The fourth-order valence-corrected chi connectivity index (χ4v) is 1.61. The van der Waals surface area contributed by atoms with E-state index >= 15 is 0 Å². The molecule has 0 aliphatic carbocycles. The third-order valence-electron chi connectivity index (χ3n) is 1.84. The maximum absolute atomic E-state index is 13.3. The predicted octanol–water partition coefficient (Wildman–Crippen LogP) is 3.73. The van der Waals surface area contributed by atoms with Gasteiger partial charge in [-0.3, -0.25) is 0 Å². The van der Waals surface area contributed by atoms with Gasteiger partial charge in [0.25, 0.3) is 0 Å². The molecule has 0 saturated heterocycles. The van der Waals surface area contributed by atoms with Gasteiger partial charge in [0.15, 0.2) is 0 Å². The summed E-state index contributed by atoms with van der Waals surface area (Å²) in [6.07, 6.45) is 1.88. The Morgan fingerprint density at radius 3 is 2.27 bits per heavy atom. The van der Waals surface area contributed by atoms with E-state index in [1.807, 2.05) is 0 Å². The molecule has 0 heterocycles. The van der Waals surface area contributed by atoms with Crippen LogP contribution in [-0.4, -0.2) is 0 Å². The molecule has 0 spiro atoms. The molecule has 1 nitrogen and oxygen atoms in total. The van der Waals surface area contributed by atoms with Crippen LogP contribution in [0.3, 0.4) is 0 Å². The lowest BCUT2D eigenvalue weighted by molar-refractivity contribution is 0.526. The standard InChI is InChI=1S/C10H10BrF2N.ClH/c1-2-3-9(14)10-7(12)4-6(11)5-8(10)13;/h2,4-5,9H,1,3,14H2;1H/t9-;/m1./s1. The Bertz CT molecular complexity index is 334. The topological polar surface area (TPSA) is 26.0 Å². The average Bonchev–Trinajstić information content (AvgIpc) is 2.01. The van der Waals surface area contributed by atoms with Gasteiger partial charge >= 0.3 is 0 Å². The zero-order valence-corrected chi connectivity index (χ0v) is 10.2. The minimum Gasteiger partial charge on any atom is -0.324 e. The molecule has 1 rings (SSSR count). The van der Waals surface area contributed by atoms with Gasteiger partial charge in [-0.2, -0.15) is 0 Å². The number of rotatable bonds is 3. The Balaban J connectivity index is 0.00000196. The largest absolute Gasteiger partial charge is 0.324 e. The number of benzene rings is 1. The first-order chi connectivity index (χ1) is 6.56. The second-order valence-electron chi connectivity index (χ2n) is 2.91. The van der Waals surface area contributed by atoms with Crippen molar-refractivity contribution in [3.05, 3.63) is 46.5 Å². The van der Waals surface area contributed by atoms with Crippen LogP contribution in [0.2, 0.25) is 0 Å². The van der Waals surface area contributed by atoms with Crippen molar-refractivity contribution in [1.29, 1.82) is 0 Å².